The molecule has 0 heterocycles. The van der Waals surface area contributed by atoms with Gasteiger partial charge in [-0.2, -0.15) is 10.5 Å². The maximum absolute atomic E-state index is 9.46. The van der Waals surface area contributed by atoms with Gasteiger partial charge in [-0.25, -0.2) is 0 Å². The fraction of sp³-hybridized carbons (Fsp3) is 0. The number of hydrogen-bond donors (Lipinski definition) is 2. The van der Waals surface area contributed by atoms with Crippen molar-refractivity contribution in [3.8, 4) is 12.1 Å². The summed E-state index contributed by atoms with van der Waals surface area (Å²) in [5.74, 6) is -1.05. The summed E-state index contributed by atoms with van der Waals surface area (Å²) in [5.41, 5.74) is 0. The van der Waals surface area contributed by atoms with E-state index in [9.17, 15) is 4.79 Å². The van der Waals surface area contributed by atoms with Crippen LogP contribution >= 0.6 is 0 Å². The summed E-state index contributed by atoms with van der Waals surface area (Å²) >= 11 is -5.25. The zero-order chi connectivity index (χ0) is 9.49. The Bertz CT molecular complexity index is 280. The van der Waals surface area contributed by atoms with E-state index in [0.717, 1.165) is 12.1 Å². The van der Waals surface area contributed by atoms with E-state index < -0.39 is 19.2 Å². The minimum absolute atomic E-state index is 1.05. The molecule has 60 valence electrons. The van der Waals surface area contributed by atoms with Gasteiger partial charge in [-0.05, 0) is 0 Å². The van der Waals surface area contributed by atoms with Gasteiger partial charge in [0.05, 0.1) is 0 Å². The van der Waals surface area contributed by atoms with Crippen molar-refractivity contribution in [3.63, 3.8) is 0 Å². The number of Topliss-reactive ketones (excluding diaryl/α,β-unsaturated/α-hetero) is 1. The van der Waals surface area contributed by atoms with E-state index in [-0.39, 0.29) is 0 Å². The van der Waals surface area contributed by atoms with Crippen molar-refractivity contribution in [2.24, 2.45) is 0 Å². The summed E-state index contributed by atoms with van der Waals surface area (Å²) in [6, 6.07) is 2.23. The third-order valence-corrected chi connectivity index (χ3v) is 0.203. The summed E-state index contributed by atoms with van der Waals surface area (Å²) in [5, 5.41) is 15.0. The number of carbonyl (C=O) groups excluding carboxylic acids is 1. The maximum atomic E-state index is 9.46. The predicted octanol–water partition coefficient (Wildman–Crippen LogP) is -2.13. The molecule has 11 heavy (non-hydrogen) atoms. The summed E-state index contributed by atoms with van der Waals surface area (Å²) in [6.07, 6.45) is 0. The van der Waals surface area contributed by atoms with Crippen LogP contribution in [0.4, 0.5) is 0 Å². The Labute approximate surface area is 63.4 Å². The van der Waals surface area contributed by atoms with Gasteiger partial charge in [0.2, 0.25) is 0 Å². The normalized spacial score (nSPS) is 8.00. The molecule has 0 aromatic carbocycles. The van der Waals surface area contributed by atoms with E-state index in [4.69, 9.17) is 26.6 Å². The molecule has 0 saturated carbocycles. The van der Waals surface area contributed by atoms with Crippen molar-refractivity contribution in [3.05, 3.63) is 0 Å². The number of carbonyl (C=O) groups is 1. The van der Waals surface area contributed by atoms with Gasteiger partial charge in [-0.3, -0.25) is 4.79 Å². The van der Waals surface area contributed by atoms with Crippen molar-refractivity contribution in [1.29, 1.82) is 10.5 Å². The molecule has 2 N–H and O–H groups in total. The fourth-order valence-electron chi connectivity index (χ4n) is 0.0250. The van der Waals surface area contributed by atoms with Crippen LogP contribution in [0.15, 0.2) is 0 Å². The van der Waals surface area contributed by atoms with Gasteiger partial charge < -0.3 is 0 Å². The van der Waals surface area contributed by atoms with Crippen LogP contribution in [0, 0.1) is 22.7 Å². The Balaban J connectivity index is 0. The zero-order valence-electron chi connectivity index (χ0n) is 4.92. The average molecular weight is 225 g/mol. The van der Waals surface area contributed by atoms with Gasteiger partial charge in [0.15, 0.2) is 12.1 Å². The number of rotatable bonds is 0. The Morgan fingerprint density at radius 1 is 1.18 bits per heavy atom. The third kappa shape index (κ3) is 53.8. The molecule has 7 nitrogen and oxygen atoms in total. The molecule has 0 aliphatic heterocycles. The van der Waals surface area contributed by atoms with Crippen molar-refractivity contribution in [2.75, 3.05) is 0 Å². The second-order valence-corrected chi connectivity index (χ2v) is 2.88. The second-order valence-electron chi connectivity index (χ2n) is 1.00. The third-order valence-electron chi connectivity index (χ3n) is 0.203. The number of nitrogens with zero attached hydrogens (tertiary/aromatic N) is 2. The molecule has 0 aromatic heterocycles. The van der Waals surface area contributed by atoms with E-state index in [1.165, 1.54) is 0 Å². The predicted molar refractivity (Wildman–Crippen MR) is 27.8 cm³/mol. The Hall–Kier alpha value is -1.31. The van der Waals surface area contributed by atoms with Crippen LogP contribution in [-0.2, 0) is 12.5 Å². The van der Waals surface area contributed by atoms with E-state index in [1.807, 2.05) is 0 Å². The van der Waals surface area contributed by atoms with Crippen LogP contribution in [-0.4, -0.2) is 27.5 Å². The van der Waals surface area contributed by atoms with Crippen LogP contribution in [0.2, 0.25) is 0 Å². The summed E-state index contributed by atoms with van der Waals surface area (Å²) in [7, 11) is 0. The molecule has 0 saturated heterocycles. The number of hydrogen-bond acceptors (Lipinski definition) is 5. The van der Waals surface area contributed by atoms with Crippen LogP contribution in [0.25, 0.3) is 0 Å². The van der Waals surface area contributed by atoms with Gasteiger partial charge in [-0.1, -0.05) is 0 Å². The van der Waals surface area contributed by atoms with Crippen molar-refractivity contribution < 1.29 is 20.8 Å². The molecule has 0 rings (SSSR count). The Morgan fingerprint density at radius 3 is 1.36 bits per heavy atom. The van der Waals surface area contributed by atoms with Crippen molar-refractivity contribution in [1.82, 2.24) is 0 Å². The Kier molecular flexibility index (Phi) is 6.16. The molecule has 0 aromatic rings. The van der Waals surface area contributed by atoms with Gasteiger partial charge in [-0.15, -0.1) is 0 Å². The van der Waals surface area contributed by atoms with Crippen molar-refractivity contribution >= 4 is 19.2 Å². The zero-order valence-corrected chi connectivity index (χ0v) is 6.63. The van der Waals surface area contributed by atoms with Gasteiger partial charge in [0.25, 0.3) is 0 Å². The van der Waals surface area contributed by atoms with E-state index in [2.05, 4.69) is 0 Å². The van der Waals surface area contributed by atoms with Crippen LogP contribution in [0.1, 0.15) is 0 Å². The molecule has 0 aliphatic rings. The second kappa shape index (κ2) is 5.47. The molecule has 0 aliphatic carbocycles. The standard InChI is InChI=1S/C3N2O.H2O4Se/c4-1-3(6)2-5;1-5(2,3)4/h;(H2,1,2,3,4). The average Bonchev–Trinajstić information content (AvgIpc) is 1.83. The quantitative estimate of drug-likeness (QED) is 0.354. The van der Waals surface area contributed by atoms with Crippen LogP contribution in [0.5, 0.6) is 0 Å². The molecule has 0 amide bonds. The first-order valence-electron chi connectivity index (χ1n) is 1.85. The summed E-state index contributed by atoms with van der Waals surface area (Å²) in [4.78, 5) is 9.46. The van der Waals surface area contributed by atoms with Crippen molar-refractivity contribution in [2.45, 2.75) is 0 Å². The first kappa shape index (κ1) is 12.4. The topological polar surface area (TPSA) is 139 Å². The summed E-state index contributed by atoms with van der Waals surface area (Å²) in [6.45, 7) is 0. The molecule has 8 heteroatoms. The molecule has 0 radical (unpaired) electrons. The van der Waals surface area contributed by atoms with E-state index in [0.29, 0.717) is 0 Å². The molecule has 0 bridgehead atoms. The molecular weight excluding hydrogens is 223 g/mol. The number of ketones is 1. The van der Waals surface area contributed by atoms with Crippen LogP contribution < -0.4 is 0 Å². The summed E-state index contributed by atoms with van der Waals surface area (Å²) < 4.78 is 31.9. The van der Waals surface area contributed by atoms with Gasteiger partial charge in [0, 0.05) is 0 Å². The van der Waals surface area contributed by atoms with Gasteiger partial charge in [0.1, 0.15) is 0 Å². The SMILES string of the molecule is N#CC(=O)C#N.O=[Se](=O)(O)O. The first-order chi connectivity index (χ1) is 4.81. The number of nitriles is 2. The van der Waals surface area contributed by atoms with E-state index >= 15 is 0 Å². The van der Waals surface area contributed by atoms with Gasteiger partial charge >= 0.3 is 35.2 Å². The fourth-order valence-corrected chi connectivity index (χ4v) is 0.0250. The molecular formula is C3H2N2O5Se. The minimum atomic E-state index is -5.25. The monoisotopic (exact) mass is 226 g/mol. The van der Waals surface area contributed by atoms with Crippen LogP contribution in [0.3, 0.4) is 0 Å². The molecule has 0 atom stereocenters. The Morgan fingerprint density at radius 2 is 1.36 bits per heavy atom. The molecule has 0 fully saturated rings. The first-order valence-corrected chi connectivity index (χ1v) is 4.78. The molecule has 0 unspecified atom stereocenters. The molecule has 0 spiro atoms. The van der Waals surface area contributed by atoms with E-state index in [1.54, 1.807) is 0 Å².